The molecule has 1 aliphatic heterocycles. The van der Waals surface area contributed by atoms with Crippen LogP contribution in [0, 0.1) is 17.0 Å². The normalized spacial score (nSPS) is 15.6. The molecule has 184 valence electrons. The molecule has 0 radical (unpaired) electrons. The van der Waals surface area contributed by atoms with Crippen LogP contribution in [-0.4, -0.2) is 27.4 Å². The van der Waals surface area contributed by atoms with E-state index in [0.717, 1.165) is 16.8 Å². The molecule has 0 unspecified atom stereocenters. The number of aryl methyl sites for hydroxylation is 1. The largest absolute Gasteiger partial charge is 0.457 e. The summed E-state index contributed by atoms with van der Waals surface area (Å²) in [6.45, 7) is 2.51. The van der Waals surface area contributed by atoms with Crippen LogP contribution in [0.4, 0.5) is 11.4 Å². The Bertz CT molecular complexity index is 1510. The van der Waals surface area contributed by atoms with Gasteiger partial charge in [0.25, 0.3) is 11.6 Å². The standard InChI is InChI=1S/C29H23N3O4S/c1-20-10-12-23(13-11-20)30-29-31(17-16-21-6-3-2-4-7-21)28(33)27(37-29)19-25-14-15-26(36-25)22-8-5-9-24(18-22)32(34)35/h2-15,18-19H,16-17H2,1H3/b27-19+,30-29?. The van der Waals surface area contributed by atoms with Gasteiger partial charge in [-0.2, -0.15) is 0 Å². The first-order valence-electron chi connectivity index (χ1n) is 11.7. The van der Waals surface area contributed by atoms with Gasteiger partial charge in [-0.3, -0.25) is 19.8 Å². The molecule has 0 aliphatic carbocycles. The molecule has 0 N–H and O–H groups in total. The van der Waals surface area contributed by atoms with E-state index in [4.69, 9.17) is 9.41 Å². The molecule has 0 saturated carbocycles. The maximum atomic E-state index is 13.4. The van der Waals surface area contributed by atoms with Crippen LogP contribution in [0.2, 0.25) is 0 Å². The number of carbonyl (C=O) groups excluding carboxylic acids is 1. The molecule has 8 heteroatoms. The third-order valence-corrected chi connectivity index (χ3v) is 6.86. The second-order valence-electron chi connectivity index (χ2n) is 8.54. The average molecular weight is 510 g/mol. The monoisotopic (exact) mass is 509 g/mol. The van der Waals surface area contributed by atoms with Crippen molar-refractivity contribution in [3.05, 3.63) is 123 Å². The van der Waals surface area contributed by atoms with Crippen LogP contribution in [0.15, 0.2) is 105 Å². The van der Waals surface area contributed by atoms with Crippen LogP contribution in [0.1, 0.15) is 16.9 Å². The van der Waals surface area contributed by atoms with Gasteiger partial charge in [-0.1, -0.05) is 60.2 Å². The van der Waals surface area contributed by atoms with E-state index in [-0.39, 0.29) is 11.6 Å². The summed E-state index contributed by atoms with van der Waals surface area (Å²) >= 11 is 1.31. The topological polar surface area (TPSA) is 89.0 Å². The van der Waals surface area contributed by atoms with E-state index in [0.29, 0.717) is 40.1 Å². The Hall–Kier alpha value is -4.43. The fourth-order valence-electron chi connectivity index (χ4n) is 3.89. The van der Waals surface area contributed by atoms with Gasteiger partial charge < -0.3 is 4.42 Å². The highest BCUT2D eigenvalue weighted by molar-refractivity contribution is 8.18. The van der Waals surface area contributed by atoms with Gasteiger partial charge in [-0.05, 0) is 54.9 Å². The highest BCUT2D eigenvalue weighted by atomic mass is 32.2. The van der Waals surface area contributed by atoms with E-state index in [9.17, 15) is 14.9 Å². The molecule has 0 atom stereocenters. The molecule has 3 aromatic carbocycles. The lowest BCUT2D eigenvalue weighted by atomic mass is 10.1. The maximum absolute atomic E-state index is 13.4. The predicted molar refractivity (Wildman–Crippen MR) is 146 cm³/mol. The van der Waals surface area contributed by atoms with Crippen molar-refractivity contribution in [2.24, 2.45) is 4.99 Å². The van der Waals surface area contributed by atoms with Crippen molar-refractivity contribution >= 4 is 40.3 Å². The van der Waals surface area contributed by atoms with Gasteiger partial charge in [-0.15, -0.1) is 0 Å². The molecule has 0 spiro atoms. The highest BCUT2D eigenvalue weighted by Crippen LogP contribution is 2.35. The number of rotatable bonds is 7. The zero-order valence-electron chi connectivity index (χ0n) is 20.0. The summed E-state index contributed by atoms with van der Waals surface area (Å²) in [5.41, 5.74) is 3.63. The Kier molecular flexibility index (Phi) is 7.00. The van der Waals surface area contributed by atoms with Crippen LogP contribution < -0.4 is 0 Å². The van der Waals surface area contributed by atoms with E-state index in [2.05, 4.69) is 0 Å². The zero-order valence-corrected chi connectivity index (χ0v) is 20.9. The number of amidine groups is 1. The first kappa shape index (κ1) is 24.3. The number of nitrogens with zero attached hydrogens (tertiary/aromatic N) is 3. The van der Waals surface area contributed by atoms with Gasteiger partial charge in [0.05, 0.1) is 15.5 Å². The molecule has 1 aliphatic rings. The van der Waals surface area contributed by atoms with Crippen molar-refractivity contribution < 1.29 is 14.1 Å². The Morgan fingerprint density at radius 2 is 1.78 bits per heavy atom. The fraction of sp³-hybridized carbons (Fsp3) is 0.103. The van der Waals surface area contributed by atoms with E-state index < -0.39 is 4.92 Å². The summed E-state index contributed by atoms with van der Waals surface area (Å²) < 4.78 is 5.92. The number of benzene rings is 3. The van der Waals surface area contributed by atoms with Crippen LogP contribution in [0.25, 0.3) is 17.4 Å². The van der Waals surface area contributed by atoms with E-state index >= 15 is 0 Å². The number of aliphatic imine (C=N–C) groups is 1. The number of nitro benzene ring substituents is 1. The Labute approximate surface area is 218 Å². The van der Waals surface area contributed by atoms with Gasteiger partial charge >= 0.3 is 0 Å². The third kappa shape index (κ3) is 5.70. The second-order valence-corrected chi connectivity index (χ2v) is 9.55. The minimum absolute atomic E-state index is 0.0126. The van der Waals surface area contributed by atoms with E-state index in [1.807, 2.05) is 61.5 Å². The molecule has 1 amide bonds. The Balaban J connectivity index is 1.42. The summed E-state index contributed by atoms with van der Waals surface area (Å²) in [6.07, 6.45) is 2.39. The van der Waals surface area contributed by atoms with Gasteiger partial charge in [0.15, 0.2) is 5.17 Å². The van der Waals surface area contributed by atoms with Crippen LogP contribution in [0.5, 0.6) is 0 Å². The van der Waals surface area contributed by atoms with Crippen molar-refractivity contribution in [1.82, 2.24) is 4.90 Å². The molecule has 2 heterocycles. The van der Waals surface area contributed by atoms with Gasteiger partial charge in [0.2, 0.25) is 0 Å². The molecule has 1 aromatic heterocycles. The highest BCUT2D eigenvalue weighted by Gasteiger charge is 2.33. The minimum atomic E-state index is -0.442. The van der Waals surface area contributed by atoms with Crippen LogP contribution in [0.3, 0.4) is 0 Å². The number of non-ortho nitro benzene ring substituents is 1. The van der Waals surface area contributed by atoms with Crippen LogP contribution >= 0.6 is 11.8 Å². The number of nitro groups is 1. The minimum Gasteiger partial charge on any atom is -0.457 e. The molecule has 5 rings (SSSR count). The van der Waals surface area contributed by atoms with E-state index in [1.165, 1.54) is 23.9 Å². The molecule has 37 heavy (non-hydrogen) atoms. The van der Waals surface area contributed by atoms with Crippen molar-refractivity contribution in [2.75, 3.05) is 6.54 Å². The molecular formula is C29H23N3O4S. The van der Waals surface area contributed by atoms with Gasteiger partial charge in [0.1, 0.15) is 11.5 Å². The number of hydrogen-bond acceptors (Lipinski definition) is 6. The van der Waals surface area contributed by atoms with Crippen molar-refractivity contribution in [1.29, 1.82) is 0 Å². The lowest BCUT2D eigenvalue weighted by molar-refractivity contribution is -0.384. The Morgan fingerprint density at radius 1 is 1.00 bits per heavy atom. The molecule has 1 saturated heterocycles. The average Bonchev–Trinajstić information content (AvgIpc) is 3.49. The van der Waals surface area contributed by atoms with E-state index in [1.54, 1.807) is 35.2 Å². The third-order valence-electron chi connectivity index (χ3n) is 5.86. The summed E-state index contributed by atoms with van der Waals surface area (Å²) in [5.74, 6) is 0.831. The summed E-state index contributed by atoms with van der Waals surface area (Å²) in [5, 5.41) is 11.7. The summed E-state index contributed by atoms with van der Waals surface area (Å²) in [4.78, 5) is 31.1. The lowest BCUT2D eigenvalue weighted by Gasteiger charge is -2.15. The number of hydrogen-bond donors (Lipinski definition) is 0. The first-order valence-corrected chi connectivity index (χ1v) is 12.5. The number of carbonyl (C=O) groups is 1. The molecular weight excluding hydrogens is 486 g/mol. The first-order chi connectivity index (χ1) is 18.0. The summed E-state index contributed by atoms with van der Waals surface area (Å²) in [7, 11) is 0. The maximum Gasteiger partial charge on any atom is 0.270 e. The molecule has 4 aromatic rings. The lowest BCUT2D eigenvalue weighted by Crippen LogP contribution is -2.31. The SMILES string of the molecule is Cc1ccc(N=C2S/C(=C/c3ccc(-c4cccc([N+](=O)[O-])c4)o3)C(=O)N2CCc2ccccc2)cc1. The second kappa shape index (κ2) is 10.7. The van der Waals surface area contributed by atoms with Gasteiger partial charge in [0, 0.05) is 30.3 Å². The molecule has 7 nitrogen and oxygen atoms in total. The van der Waals surface area contributed by atoms with Crippen LogP contribution in [-0.2, 0) is 11.2 Å². The van der Waals surface area contributed by atoms with Crippen molar-refractivity contribution in [3.8, 4) is 11.3 Å². The zero-order chi connectivity index (χ0) is 25.8. The predicted octanol–water partition coefficient (Wildman–Crippen LogP) is 7.01. The quantitative estimate of drug-likeness (QED) is 0.152. The number of furan rings is 1. The number of thioether (sulfide) groups is 1. The Morgan fingerprint density at radius 3 is 2.54 bits per heavy atom. The van der Waals surface area contributed by atoms with Gasteiger partial charge in [-0.25, -0.2) is 4.99 Å². The molecule has 1 fully saturated rings. The smallest absolute Gasteiger partial charge is 0.270 e. The number of amides is 1. The fourth-order valence-corrected chi connectivity index (χ4v) is 4.90. The molecule has 0 bridgehead atoms. The van der Waals surface area contributed by atoms with Crippen molar-refractivity contribution in [3.63, 3.8) is 0 Å². The van der Waals surface area contributed by atoms with Crippen molar-refractivity contribution in [2.45, 2.75) is 13.3 Å². The summed E-state index contributed by atoms with van der Waals surface area (Å²) in [6, 6.07) is 27.6.